The number of aromatic nitrogens is 5. The monoisotopic (exact) mass is 563 g/mol. The van der Waals surface area contributed by atoms with Crippen molar-refractivity contribution in [2.24, 2.45) is 5.92 Å². The van der Waals surface area contributed by atoms with Crippen molar-refractivity contribution < 1.29 is 18.3 Å². The first-order valence-electron chi connectivity index (χ1n) is 13.9. The van der Waals surface area contributed by atoms with Crippen LogP contribution in [0.15, 0.2) is 36.7 Å². The Morgan fingerprint density at radius 2 is 1.85 bits per heavy atom. The number of benzene rings is 1. The van der Waals surface area contributed by atoms with Gasteiger partial charge in [-0.3, -0.25) is 4.79 Å². The van der Waals surface area contributed by atoms with Gasteiger partial charge in [0, 0.05) is 17.8 Å². The molecule has 4 aromatic rings. The maximum absolute atomic E-state index is 15.0. The summed E-state index contributed by atoms with van der Waals surface area (Å²) in [6.45, 7) is 10.8. The molecule has 0 spiro atoms. The Bertz CT molecular complexity index is 1550. The van der Waals surface area contributed by atoms with Gasteiger partial charge in [-0.25, -0.2) is 28.7 Å². The molecule has 0 amide bonds. The van der Waals surface area contributed by atoms with Crippen molar-refractivity contribution in [3.05, 3.63) is 59.7 Å². The topological polar surface area (TPSA) is 98.1 Å². The fraction of sp³-hybridized carbons (Fsp3) is 0.433. The number of esters is 1. The molecule has 1 fully saturated rings. The summed E-state index contributed by atoms with van der Waals surface area (Å²) in [5.74, 6) is -0.535. The van der Waals surface area contributed by atoms with Crippen molar-refractivity contribution in [3.63, 3.8) is 0 Å². The van der Waals surface area contributed by atoms with Gasteiger partial charge < -0.3 is 19.5 Å². The summed E-state index contributed by atoms with van der Waals surface area (Å²) in [7, 11) is 1.41. The quantitative estimate of drug-likeness (QED) is 0.269. The van der Waals surface area contributed by atoms with E-state index in [2.05, 4.69) is 37.1 Å². The van der Waals surface area contributed by atoms with Crippen LogP contribution in [0.25, 0.3) is 22.3 Å². The molecule has 216 valence electrons. The van der Waals surface area contributed by atoms with Crippen LogP contribution in [-0.4, -0.2) is 62.1 Å². The van der Waals surface area contributed by atoms with Crippen LogP contribution in [0.5, 0.6) is 0 Å². The molecule has 0 saturated carbocycles. The summed E-state index contributed by atoms with van der Waals surface area (Å²) in [5.41, 5.74) is 1.81. The summed E-state index contributed by atoms with van der Waals surface area (Å²) >= 11 is 0. The van der Waals surface area contributed by atoms with Crippen molar-refractivity contribution in [1.29, 1.82) is 0 Å². The number of aryl methyl sites for hydroxylation is 1. The number of halogens is 2. The molecule has 0 unspecified atom stereocenters. The predicted molar refractivity (Wildman–Crippen MR) is 153 cm³/mol. The molecule has 1 aliphatic heterocycles. The van der Waals surface area contributed by atoms with Gasteiger partial charge in [0.2, 0.25) is 5.95 Å². The summed E-state index contributed by atoms with van der Waals surface area (Å²) in [5, 5.41) is 2.99. The van der Waals surface area contributed by atoms with E-state index in [1.807, 2.05) is 31.4 Å². The minimum Gasteiger partial charge on any atom is -0.469 e. The molecule has 1 saturated heterocycles. The second kappa shape index (κ2) is 11.9. The van der Waals surface area contributed by atoms with Crippen LogP contribution in [0.4, 0.5) is 20.5 Å². The molecule has 1 atom stereocenters. The van der Waals surface area contributed by atoms with Crippen LogP contribution in [0.2, 0.25) is 0 Å². The maximum atomic E-state index is 15.0. The molecule has 1 aromatic carbocycles. The number of nitrogens with zero attached hydrogens (tertiary/aromatic N) is 6. The Labute approximate surface area is 238 Å². The van der Waals surface area contributed by atoms with E-state index < -0.39 is 17.6 Å². The van der Waals surface area contributed by atoms with Gasteiger partial charge in [0.15, 0.2) is 11.6 Å². The lowest BCUT2D eigenvalue weighted by Gasteiger charge is -2.34. The number of hydrogen-bond acceptors (Lipinski definition) is 8. The largest absolute Gasteiger partial charge is 0.469 e. The molecular weight excluding hydrogens is 528 g/mol. The number of nitrogens with one attached hydrogen (secondary N) is 1. The van der Waals surface area contributed by atoms with Crippen molar-refractivity contribution in [2.75, 3.05) is 32.1 Å². The first-order valence-corrected chi connectivity index (χ1v) is 13.9. The average molecular weight is 564 g/mol. The number of anilines is 2. The summed E-state index contributed by atoms with van der Waals surface area (Å²) in [4.78, 5) is 32.3. The minimum absolute atomic E-state index is 0.0408. The second-order valence-corrected chi connectivity index (χ2v) is 10.7. The van der Waals surface area contributed by atoms with Gasteiger partial charge in [0.1, 0.15) is 22.9 Å². The molecule has 0 aliphatic carbocycles. The van der Waals surface area contributed by atoms with E-state index in [0.29, 0.717) is 17.2 Å². The van der Waals surface area contributed by atoms with E-state index >= 15 is 4.39 Å². The molecule has 1 N–H and O–H groups in total. The number of pyridine rings is 1. The highest BCUT2D eigenvalue weighted by Crippen LogP contribution is 2.34. The number of ether oxygens (including phenoxy) is 1. The van der Waals surface area contributed by atoms with E-state index in [-0.39, 0.29) is 40.7 Å². The van der Waals surface area contributed by atoms with Gasteiger partial charge >= 0.3 is 5.97 Å². The smallest absolute Gasteiger partial charge is 0.313 e. The number of likely N-dealkylation sites (tertiary alicyclic amines) is 1. The molecule has 1 aliphatic rings. The fourth-order valence-corrected chi connectivity index (χ4v) is 5.80. The van der Waals surface area contributed by atoms with Crippen LogP contribution < -0.4 is 5.32 Å². The van der Waals surface area contributed by atoms with Crippen molar-refractivity contribution in [1.82, 2.24) is 29.4 Å². The average Bonchev–Trinajstić information content (AvgIpc) is 3.32. The SMILES string of the molecule is CCN1CCC([C@H](C(=O)OC)c2ccc(Nc3ncc(F)c(-c4cc(F)c5nc(C)n(C(C)C)c5c4)n3)nc2)CC1. The Morgan fingerprint density at radius 3 is 2.49 bits per heavy atom. The lowest BCUT2D eigenvalue weighted by molar-refractivity contribution is -0.144. The van der Waals surface area contributed by atoms with Crippen LogP contribution in [0, 0.1) is 24.5 Å². The molecule has 0 bridgehead atoms. The zero-order valence-corrected chi connectivity index (χ0v) is 24.0. The number of fused-ring (bicyclic) bond motifs is 1. The third-order valence-electron chi connectivity index (χ3n) is 7.85. The van der Waals surface area contributed by atoms with Crippen LogP contribution in [0.3, 0.4) is 0 Å². The highest BCUT2D eigenvalue weighted by molar-refractivity contribution is 5.83. The first kappa shape index (κ1) is 28.5. The van der Waals surface area contributed by atoms with Crippen molar-refractivity contribution in [3.8, 4) is 11.3 Å². The van der Waals surface area contributed by atoms with Gasteiger partial charge in [-0.05, 0) is 82.9 Å². The van der Waals surface area contributed by atoms with E-state index in [4.69, 9.17) is 4.74 Å². The lowest BCUT2D eigenvalue weighted by Crippen LogP contribution is -2.37. The zero-order chi connectivity index (χ0) is 29.3. The number of rotatable bonds is 8. The Hall–Kier alpha value is -3.99. The van der Waals surface area contributed by atoms with Gasteiger partial charge in [-0.15, -0.1) is 0 Å². The lowest BCUT2D eigenvalue weighted by atomic mass is 9.80. The summed E-state index contributed by atoms with van der Waals surface area (Å²) in [6, 6.07) is 6.54. The normalized spacial score (nSPS) is 15.4. The van der Waals surface area contributed by atoms with E-state index in [9.17, 15) is 9.18 Å². The van der Waals surface area contributed by atoms with Gasteiger partial charge in [-0.2, -0.15) is 0 Å². The number of hydrogen-bond donors (Lipinski definition) is 1. The molecule has 41 heavy (non-hydrogen) atoms. The Balaban J connectivity index is 1.40. The van der Waals surface area contributed by atoms with Crippen LogP contribution in [-0.2, 0) is 9.53 Å². The number of carbonyl (C=O) groups excluding carboxylic acids is 1. The van der Waals surface area contributed by atoms with E-state index in [0.717, 1.165) is 44.2 Å². The molecule has 9 nitrogen and oxygen atoms in total. The second-order valence-electron chi connectivity index (χ2n) is 10.7. The molecule has 11 heteroatoms. The van der Waals surface area contributed by atoms with Gasteiger partial charge in [-0.1, -0.05) is 13.0 Å². The van der Waals surface area contributed by atoms with Crippen molar-refractivity contribution >= 4 is 28.8 Å². The molecule has 0 radical (unpaired) electrons. The summed E-state index contributed by atoms with van der Waals surface area (Å²) in [6.07, 6.45) is 4.51. The zero-order valence-electron chi connectivity index (χ0n) is 24.0. The number of methoxy groups -OCH3 is 1. The number of imidazole rings is 1. The highest BCUT2D eigenvalue weighted by atomic mass is 19.1. The molecular formula is C30H35F2N7O2. The van der Waals surface area contributed by atoms with E-state index in [1.165, 1.54) is 13.2 Å². The minimum atomic E-state index is -0.681. The van der Waals surface area contributed by atoms with Gasteiger partial charge in [0.25, 0.3) is 0 Å². The Morgan fingerprint density at radius 1 is 1.10 bits per heavy atom. The number of piperidine rings is 1. The third-order valence-corrected chi connectivity index (χ3v) is 7.85. The van der Waals surface area contributed by atoms with Gasteiger partial charge in [0.05, 0.1) is 24.7 Å². The predicted octanol–water partition coefficient (Wildman–Crippen LogP) is 5.79. The summed E-state index contributed by atoms with van der Waals surface area (Å²) < 4.78 is 37.0. The number of carbonyl (C=O) groups is 1. The fourth-order valence-electron chi connectivity index (χ4n) is 5.80. The molecule has 5 rings (SSSR count). The maximum Gasteiger partial charge on any atom is 0.313 e. The van der Waals surface area contributed by atoms with Crippen molar-refractivity contribution in [2.45, 2.75) is 52.5 Å². The molecule has 3 aromatic heterocycles. The third kappa shape index (κ3) is 5.76. The standard InChI is InChI=1S/C30H35F2N7O2/c1-6-38-11-9-19(10-12-38)26(29(40)41-5)20-7-8-25(33-15-20)36-30-34-16-23(32)27(37-30)21-13-22(31)28-24(14-21)39(17(2)3)18(4)35-28/h7-8,13-17,19,26H,6,9-12H2,1-5H3,(H,33,34,36,37)/t26-/m0/s1. The first-order chi connectivity index (χ1) is 19.7. The van der Waals surface area contributed by atoms with Crippen LogP contribution >= 0.6 is 0 Å². The van der Waals surface area contributed by atoms with Crippen LogP contribution in [0.1, 0.15) is 57.0 Å². The highest BCUT2D eigenvalue weighted by Gasteiger charge is 2.33. The Kier molecular flexibility index (Phi) is 8.25. The van der Waals surface area contributed by atoms with E-state index in [1.54, 1.807) is 18.3 Å². The molecule has 4 heterocycles.